The lowest BCUT2D eigenvalue weighted by Gasteiger charge is -2.21. The van der Waals surface area contributed by atoms with E-state index in [1.807, 2.05) is 0 Å². The Hall–Kier alpha value is -4.33. The van der Waals surface area contributed by atoms with Crippen molar-refractivity contribution in [3.8, 4) is 5.75 Å². The number of esters is 1. The number of carbonyl (C=O) groups excluding carboxylic acids is 2. The first-order valence-corrected chi connectivity index (χ1v) is 9.72. The first kappa shape index (κ1) is 27.7. The number of halogens is 1. The number of methoxy groups -OCH3 is 1. The number of anilines is 4. The van der Waals surface area contributed by atoms with E-state index in [1.165, 1.54) is 20.1 Å². The number of hydrogen-bond acceptors (Lipinski definition) is 11. The minimum absolute atomic E-state index is 0.0241. The first-order chi connectivity index (χ1) is 15.8. The SMILES string of the molecule is COC(=O)CCN(C)c1cc(NC(C)=O)c(N)cc1O.Nc1c(Cl)cc([N+](=O)[O-])cc1[N+](=O)[O-]. The number of nitrogens with two attached hydrogens (primary N) is 2. The molecule has 184 valence electrons. The lowest BCUT2D eigenvalue weighted by atomic mass is 10.2. The number of benzene rings is 2. The monoisotopic (exact) mass is 498 g/mol. The Bertz CT molecular complexity index is 1110. The molecule has 0 saturated carbocycles. The van der Waals surface area contributed by atoms with Crippen LogP contribution in [0.3, 0.4) is 0 Å². The lowest BCUT2D eigenvalue weighted by molar-refractivity contribution is -0.393. The summed E-state index contributed by atoms with van der Waals surface area (Å²) >= 11 is 5.47. The fourth-order valence-electron chi connectivity index (χ4n) is 2.52. The van der Waals surface area contributed by atoms with Gasteiger partial charge in [0.25, 0.3) is 5.69 Å². The molecule has 0 aliphatic carbocycles. The van der Waals surface area contributed by atoms with Crippen molar-refractivity contribution >= 4 is 57.6 Å². The van der Waals surface area contributed by atoms with Crippen LogP contribution in [0.25, 0.3) is 0 Å². The molecule has 0 atom stereocenters. The summed E-state index contributed by atoms with van der Waals surface area (Å²) in [6, 6.07) is 4.64. The van der Waals surface area contributed by atoms with Gasteiger partial charge in [0.2, 0.25) is 5.91 Å². The maximum atomic E-state index is 11.1. The highest BCUT2D eigenvalue weighted by atomic mass is 35.5. The van der Waals surface area contributed by atoms with Crippen molar-refractivity contribution in [3.05, 3.63) is 49.5 Å². The van der Waals surface area contributed by atoms with Gasteiger partial charge in [-0.05, 0) is 6.07 Å². The summed E-state index contributed by atoms with van der Waals surface area (Å²) < 4.78 is 4.56. The lowest BCUT2D eigenvalue weighted by Crippen LogP contribution is -2.22. The summed E-state index contributed by atoms with van der Waals surface area (Å²) in [5, 5.41) is 33.0. The van der Waals surface area contributed by atoms with Crippen LogP contribution in [-0.4, -0.2) is 47.5 Å². The van der Waals surface area contributed by atoms with Crippen molar-refractivity contribution in [2.75, 3.05) is 42.4 Å². The summed E-state index contributed by atoms with van der Waals surface area (Å²) in [7, 11) is 3.03. The predicted molar refractivity (Wildman–Crippen MR) is 126 cm³/mol. The van der Waals surface area contributed by atoms with E-state index in [-0.39, 0.29) is 40.4 Å². The normalized spacial score (nSPS) is 9.88. The van der Waals surface area contributed by atoms with Crippen LogP contribution < -0.4 is 21.7 Å². The van der Waals surface area contributed by atoms with Crippen molar-refractivity contribution in [1.29, 1.82) is 0 Å². The van der Waals surface area contributed by atoms with E-state index in [2.05, 4.69) is 10.1 Å². The third-order valence-electron chi connectivity index (χ3n) is 4.25. The van der Waals surface area contributed by atoms with Gasteiger partial charge in [0.15, 0.2) is 0 Å². The molecule has 2 aromatic rings. The highest BCUT2D eigenvalue weighted by molar-refractivity contribution is 6.33. The molecule has 14 nitrogen and oxygen atoms in total. The van der Waals surface area contributed by atoms with E-state index in [0.717, 1.165) is 12.1 Å². The van der Waals surface area contributed by atoms with E-state index in [0.29, 0.717) is 17.9 Å². The predicted octanol–water partition coefficient (Wildman–Crippen LogP) is 2.67. The van der Waals surface area contributed by atoms with E-state index in [4.69, 9.17) is 23.1 Å². The van der Waals surface area contributed by atoms with Gasteiger partial charge in [0.05, 0.1) is 51.5 Å². The van der Waals surface area contributed by atoms with Crippen LogP contribution in [0, 0.1) is 20.2 Å². The van der Waals surface area contributed by atoms with Gasteiger partial charge < -0.3 is 31.5 Å². The molecule has 15 heteroatoms. The number of nitrogen functional groups attached to an aromatic ring is 2. The Labute approximate surface area is 198 Å². The molecule has 1 amide bonds. The van der Waals surface area contributed by atoms with Crippen molar-refractivity contribution < 1.29 is 29.3 Å². The smallest absolute Gasteiger partial charge is 0.307 e. The maximum Gasteiger partial charge on any atom is 0.307 e. The number of nitrogens with one attached hydrogen (secondary N) is 1. The van der Waals surface area contributed by atoms with Crippen LogP contribution in [-0.2, 0) is 14.3 Å². The average Bonchev–Trinajstić information content (AvgIpc) is 2.75. The topological polar surface area (TPSA) is 217 Å². The molecule has 2 rings (SSSR count). The summed E-state index contributed by atoms with van der Waals surface area (Å²) in [5.74, 6) is -0.622. The number of nitro groups is 2. The molecular formula is C19H23ClN6O8. The molecule has 0 saturated heterocycles. The summed E-state index contributed by atoms with van der Waals surface area (Å²) in [4.78, 5) is 43.0. The molecule has 0 aliphatic rings. The van der Waals surface area contributed by atoms with Crippen molar-refractivity contribution in [1.82, 2.24) is 0 Å². The zero-order chi connectivity index (χ0) is 26.2. The van der Waals surface area contributed by atoms with E-state index in [1.54, 1.807) is 18.0 Å². The van der Waals surface area contributed by atoms with E-state index < -0.39 is 21.2 Å². The molecule has 0 unspecified atom stereocenters. The van der Waals surface area contributed by atoms with Crippen LogP contribution in [0.5, 0.6) is 5.75 Å². The van der Waals surface area contributed by atoms with Crippen molar-refractivity contribution in [2.45, 2.75) is 13.3 Å². The van der Waals surface area contributed by atoms with Crippen molar-refractivity contribution in [2.24, 2.45) is 0 Å². The Morgan fingerprint density at radius 3 is 2.29 bits per heavy atom. The number of nitro benzene ring substituents is 2. The molecule has 34 heavy (non-hydrogen) atoms. The number of aromatic hydroxyl groups is 1. The second-order valence-electron chi connectivity index (χ2n) is 6.73. The number of phenolic OH excluding ortho intramolecular Hbond substituents is 1. The van der Waals surface area contributed by atoms with E-state index in [9.17, 15) is 34.9 Å². The van der Waals surface area contributed by atoms with Crippen LogP contribution in [0.2, 0.25) is 5.02 Å². The fourth-order valence-corrected chi connectivity index (χ4v) is 2.73. The Morgan fingerprint density at radius 1 is 1.18 bits per heavy atom. The standard InChI is InChI=1S/C13H19N3O4.C6H4ClN3O4/c1-8(17)15-10-7-11(12(18)6-9(10)14)16(2)5-4-13(19)20-3;7-4-1-3(9(11)12)2-5(6(4)8)10(13)14/h6-7,18H,4-5,14H2,1-3H3,(H,15,17);1-2H,8H2. The third kappa shape index (κ3) is 7.67. The number of amides is 1. The van der Waals surface area contributed by atoms with E-state index >= 15 is 0 Å². The molecule has 0 radical (unpaired) electrons. The number of rotatable bonds is 7. The molecule has 2 aromatic carbocycles. The van der Waals surface area contributed by atoms with Gasteiger partial charge in [-0.2, -0.15) is 0 Å². The second-order valence-corrected chi connectivity index (χ2v) is 7.14. The van der Waals surface area contributed by atoms with Gasteiger partial charge in [-0.1, -0.05) is 11.6 Å². The highest BCUT2D eigenvalue weighted by Crippen LogP contribution is 2.35. The van der Waals surface area contributed by atoms with Crippen LogP contribution in [0.15, 0.2) is 24.3 Å². The third-order valence-corrected chi connectivity index (χ3v) is 4.56. The number of phenols is 1. The van der Waals surface area contributed by atoms with Gasteiger partial charge in [0, 0.05) is 32.6 Å². The molecule has 0 spiro atoms. The largest absolute Gasteiger partial charge is 0.506 e. The second kappa shape index (κ2) is 12.1. The number of hydrogen-bond donors (Lipinski definition) is 4. The zero-order valence-electron chi connectivity index (χ0n) is 18.4. The molecule has 0 heterocycles. The van der Waals surface area contributed by atoms with Crippen molar-refractivity contribution in [3.63, 3.8) is 0 Å². The molecule has 6 N–H and O–H groups in total. The maximum absolute atomic E-state index is 11.1. The van der Waals surface area contributed by atoms with Gasteiger partial charge >= 0.3 is 11.7 Å². The van der Waals surface area contributed by atoms with Crippen LogP contribution in [0.4, 0.5) is 34.1 Å². The number of nitrogens with zero attached hydrogens (tertiary/aromatic N) is 3. The summed E-state index contributed by atoms with van der Waals surface area (Å²) in [6.07, 6.45) is 0.187. The minimum atomic E-state index is -0.825. The van der Waals surface area contributed by atoms with Gasteiger partial charge in [-0.15, -0.1) is 0 Å². The van der Waals surface area contributed by atoms with Crippen LogP contribution >= 0.6 is 11.6 Å². The van der Waals surface area contributed by atoms with Gasteiger partial charge in [-0.3, -0.25) is 29.8 Å². The average molecular weight is 499 g/mol. The van der Waals surface area contributed by atoms with Gasteiger partial charge in [0.1, 0.15) is 11.4 Å². The number of ether oxygens (including phenoxy) is 1. The van der Waals surface area contributed by atoms with Gasteiger partial charge in [-0.25, -0.2) is 0 Å². The quantitative estimate of drug-likeness (QED) is 0.143. The molecule has 0 bridgehead atoms. The highest BCUT2D eigenvalue weighted by Gasteiger charge is 2.21. The molecule has 0 aliphatic heterocycles. The first-order valence-electron chi connectivity index (χ1n) is 9.34. The number of non-ortho nitro benzene ring substituents is 1. The van der Waals surface area contributed by atoms with Crippen LogP contribution in [0.1, 0.15) is 13.3 Å². The zero-order valence-corrected chi connectivity index (χ0v) is 19.2. The fraction of sp³-hybridized carbons (Fsp3) is 0.263. The Morgan fingerprint density at radius 2 is 1.79 bits per heavy atom. The molecule has 0 aromatic heterocycles. The number of carbonyl (C=O) groups is 2. The summed E-state index contributed by atoms with van der Waals surface area (Å²) in [5.41, 5.74) is 10.8. The Kier molecular flexibility index (Phi) is 9.82. The Balaban J connectivity index is 0.000000362. The molecular weight excluding hydrogens is 476 g/mol. The summed E-state index contributed by atoms with van der Waals surface area (Å²) in [6.45, 7) is 1.73. The minimum Gasteiger partial charge on any atom is -0.506 e. The molecule has 0 fully saturated rings.